The number of urea groups is 1. The summed E-state index contributed by atoms with van der Waals surface area (Å²) in [6.07, 6.45) is 5.96. The van der Waals surface area contributed by atoms with Gasteiger partial charge in [0, 0.05) is 19.6 Å². The molecule has 4 nitrogen and oxygen atoms in total. The average molecular weight is 328 g/mol. The number of rotatable bonds is 6. The summed E-state index contributed by atoms with van der Waals surface area (Å²) in [7, 11) is 0. The number of benzene rings is 1. The lowest BCUT2D eigenvalue weighted by Crippen LogP contribution is -2.51. The van der Waals surface area contributed by atoms with Gasteiger partial charge >= 0.3 is 6.03 Å². The SMILES string of the molecule is O=C1N(CC2CC2)CC[C@@H](O)[C@@H](Cc2ccccc2)N1CC1CC1. The molecule has 0 spiro atoms. The molecule has 1 N–H and O–H groups in total. The third-order valence-corrected chi connectivity index (χ3v) is 5.67. The fourth-order valence-corrected chi connectivity index (χ4v) is 3.78. The summed E-state index contributed by atoms with van der Waals surface area (Å²) in [4.78, 5) is 17.2. The monoisotopic (exact) mass is 328 g/mol. The minimum atomic E-state index is -0.433. The summed E-state index contributed by atoms with van der Waals surface area (Å²) < 4.78 is 0. The molecule has 0 unspecified atom stereocenters. The highest BCUT2D eigenvalue weighted by atomic mass is 16.3. The highest BCUT2D eigenvalue weighted by Crippen LogP contribution is 2.34. The van der Waals surface area contributed by atoms with Crippen LogP contribution in [0.4, 0.5) is 4.79 Å². The molecular weight excluding hydrogens is 300 g/mol. The van der Waals surface area contributed by atoms with Crippen molar-refractivity contribution in [2.75, 3.05) is 19.6 Å². The van der Waals surface area contributed by atoms with Gasteiger partial charge in [-0.1, -0.05) is 30.3 Å². The predicted octanol–water partition coefficient (Wildman–Crippen LogP) is 2.91. The van der Waals surface area contributed by atoms with E-state index in [2.05, 4.69) is 12.1 Å². The first-order valence-electron chi connectivity index (χ1n) is 9.48. The van der Waals surface area contributed by atoms with Crippen LogP contribution in [0.2, 0.25) is 0 Å². The van der Waals surface area contributed by atoms with Crippen LogP contribution in [0.25, 0.3) is 0 Å². The quantitative estimate of drug-likeness (QED) is 0.872. The van der Waals surface area contributed by atoms with Crippen molar-refractivity contribution in [3.05, 3.63) is 35.9 Å². The van der Waals surface area contributed by atoms with Crippen molar-refractivity contribution in [2.45, 2.75) is 50.7 Å². The van der Waals surface area contributed by atoms with Gasteiger partial charge in [0.1, 0.15) is 0 Å². The molecule has 2 saturated carbocycles. The van der Waals surface area contributed by atoms with E-state index in [0.29, 0.717) is 24.8 Å². The predicted molar refractivity (Wildman–Crippen MR) is 93.7 cm³/mol. The first-order valence-corrected chi connectivity index (χ1v) is 9.48. The molecule has 1 aromatic rings. The Labute approximate surface area is 144 Å². The molecule has 2 atom stereocenters. The van der Waals surface area contributed by atoms with Gasteiger partial charge in [0.2, 0.25) is 0 Å². The van der Waals surface area contributed by atoms with E-state index in [1.165, 1.54) is 31.2 Å². The molecule has 0 radical (unpaired) electrons. The first-order chi connectivity index (χ1) is 11.7. The zero-order chi connectivity index (χ0) is 16.5. The van der Waals surface area contributed by atoms with Crippen molar-refractivity contribution in [1.29, 1.82) is 0 Å². The fraction of sp³-hybridized carbons (Fsp3) is 0.650. The topological polar surface area (TPSA) is 43.8 Å². The van der Waals surface area contributed by atoms with Crippen molar-refractivity contribution < 1.29 is 9.90 Å². The van der Waals surface area contributed by atoms with Crippen molar-refractivity contribution in [1.82, 2.24) is 9.80 Å². The molecule has 1 saturated heterocycles. The largest absolute Gasteiger partial charge is 0.391 e. The number of hydrogen-bond acceptors (Lipinski definition) is 2. The third kappa shape index (κ3) is 3.75. The Balaban J connectivity index is 1.54. The van der Waals surface area contributed by atoms with Crippen LogP contribution in [0.3, 0.4) is 0 Å². The van der Waals surface area contributed by atoms with E-state index in [-0.39, 0.29) is 12.1 Å². The molecule has 0 bridgehead atoms. The number of amides is 2. The molecule has 3 aliphatic rings. The van der Waals surface area contributed by atoms with Crippen LogP contribution in [-0.4, -0.2) is 52.7 Å². The molecular formula is C20H28N2O2. The second-order valence-corrected chi connectivity index (χ2v) is 7.88. The van der Waals surface area contributed by atoms with Gasteiger partial charge in [-0.3, -0.25) is 0 Å². The normalized spacial score (nSPS) is 28.1. The number of nitrogens with zero attached hydrogens (tertiary/aromatic N) is 2. The summed E-state index contributed by atoms with van der Waals surface area (Å²) in [5.41, 5.74) is 1.20. The molecule has 130 valence electrons. The Bertz CT molecular complexity index is 568. The van der Waals surface area contributed by atoms with E-state index in [0.717, 1.165) is 19.5 Å². The molecule has 2 aliphatic carbocycles. The van der Waals surface area contributed by atoms with E-state index in [4.69, 9.17) is 0 Å². The number of carbonyl (C=O) groups excluding carboxylic acids is 1. The molecule has 3 fully saturated rings. The highest BCUT2D eigenvalue weighted by Gasteiger charge is 2.40. The van der Waals surface area contributed by atoms with Crippen molar-refractivity contribution in [3.8, 4) is 0 Å². The summed E-state index contributed by atoms with van der Waals surface area (Å²) in [5, 5.41) is 10.8. The lowest BCUT2D eigenvalue weighted by atomic mass is 9.98. The summed E-state index contributed by atoms with van der Waals surface area (Å²) >= 11 is 0. The van der Waals surface area contributed by atoms with Gasteiger partial charge in [0.25, 0.3) is 0 Å². The van der Waals surface area contributed by atoms with E-state index in [1.54, 1.807) is 0 Å². The van der Waals surface area contributed by atoms with Gasteiger partial charge in [-0.2, -0.15) is 0 Å². The standard InChI is InChI=1S/C20H28N2O2/c23-19-10-11-21(13-16-6-7-16)20(24)22(14-17-8-9-17)18(19)12-15-4-2-1-3-5-15/h1-5,16-19,23H,6-14H2/t18-,19-/m1/s1. The van der Waals surface area contributed by atoms with E-state index >= 15 is 0 Å². The highest BCUT2D eigenvalue weighted by molar-refractivity contribution is 5.75. The molecule has 4 heteroatoms. The minimum absolute atomic E-state index is 0.0929. The van der Waals surface area contributed by atoms with Gasteiger partial charge in [-0.25, -0.2) is 4.79 Å². The number of carbonyl (C=O) groups is 1. The Morgan fingerprint density at radius 2 is 1.62 bits per heavy atom. The minimum Gasteiger partial charge on any atom is -0.391 e. The van der Waals surface area contributed by atoms with Crippen LogP contribution in [0.1, 0.15) is 37.7 Å². The van der Waals surface area contributed by atoms with Crippen molar-refractivity contribution in [2.24, 2.45) is 11.8 Å². The van der Waals surface area contributed by atoms with Gasteiger partial charge in [0.15, 0.2) is 0 Å². The Hall–Kier alpha value is -1.55. The molecule has 4 rings (SSSR count). The number of hydrogen-bond donors (Lipinski definition) is 1. The molecule has 24 heavy (non-hydrogen) atoms. The van der Waals surface area contributed by atoms with Gasteiger partial charge < -0.3 is 14.9 Å². The van der Waals surface area contributed by atoms with Gasteiger partial charge in [0.05, 0.1) is 12.1 Å². The Morgan fingerprint density at radius 3 is 2.29 bits per heavy atom. The number of aliphatic hydroxyl groups excluding tert-OH is 1. The smallest absolute Gasteiger partial charge is 0.320 e. The first kappa shape index (κ1) is 15.9. The van der Waals surface area contributed by atoms with Crippen molar-refractivity contribution in [3.63, 3.8) is 0 Å². The van der Waals surface area contributed by atoms with Crippen LogP contribution in [-0.2, 0) is 6.42 Å². The van der Waals surface area contributed by atoms with Crippen LogP contribution >= 0.6 is 0 Å². The Morgan fingerprint density at radius 1 is 0.958 bits per heavy atom. The zero-order valence-electron chi connectivity index (χ0n) is 14.3. The maximum atomic E-state index is 13.2. The molecule has 0 aromatic heterocycles. The lowest BCUT2D eigenvalue weighted by Gasteiger charge is -2.34. The second-order valence-electron chi connectivity index (χ2n) is 7.88. The van der Waals surface area contributed by atoms with Gasteiger partial charge in [-0.05, 0) is 55.9 Å². The zero-order valence-corrected chi connectivity index (χ0v) is 14.3. The maximum Gasteiger partial charge on any atom is 0.320 e. The molecule has 1 aromatic carbocycles. The molecule has 2 amide bonds. The van der Waals surface area contributed by atoms with Crippen LogP contribution in [0.5, 0.6) is 0 Å². The average Bonchev–Trinajstić information content (AvgIpc) is 3.49. The van der Waals surface area contributed by atoms with Crippen molar-refractivity contribution >= 4 is 6.03 Å². The van der Waals surface area contributed by atoms with Crippen LogP contribution in [0, 0.1) is 11.8 Å². The van der Waals surface area contributed by atoms with Crippen LogP contribution < -0.4 is 0 Å². The van der Waals surface area contributed by atoms with E-state index in [9.17, 15) is 9.90 Å². The van der Waals surface area contributed by atoms with Crippen LogP contribution in [0.15, 0.2) is 30.3 Å². The molecule has 1 heterocycles. The van der Waals surface area contributed by atoms with E-state index < -0.39 is 6.10 Å². The second kappa shape index (κ2) is 6.75. The lowest BCUT2D eigenvalue weighted by molar-refractivity contribution is 0.0692. The molecule has 1 aliphatic heterocycles. The third-order valence-electron chi connectivity index (χ3n) is 5.67. The summed E-state index contributed by atoms with van der Waals surface area (Å²) in [5.74, 6) is 1.33. The fourth-order valence-electron chi connectivity index (χ4n) is 3.78. The van der Waals surface area contributed by atoms with E-state index in [1.807, 2.05) is 28.0 Å². The summed E-state index contributed by atoms with van der Waals surface area (Å²) in [6.45, 7) is 2.39. The summed E-state index contributed by atoms with van der Waals surface area (Å²) in [6, 6.07) is 10.3. The number of aliphatic hydroxyl groups is 1. The Kier molecular flexibility index (Phi) is 4.49. The maximum absolute atomic E-state index is 13.2. The van der Waals surface area contributed by atoms with Gasteiger partial charge in [-0.15, -0.1) is 0 Å².